The lowest BCUT2D eigenvalue weighted by Gasteiger charge is -2.37. The summed E-state index contributed by atoms with van der Waals surface area (Å²) in [6.45, 7) is 5.01. The van der Waals surface area contributed by atoms with Crippen LogP contribution in [0, 0.1) is 0 Å². The van der Waals surface area contributed by atoms with Gasteiger partial charge in [-0.15, -0.1) is 0 Å². The fourth-order valence-electron chi connectivity index (χ4n) is 2.71. The van der Waals surface area contributed by atoms with Gasteiger partial charge in [0, 0.05) is 0 Å². The molecule has 1 aliphatic heterocycles. The lowest BCUT2D eigenvalue weighted by atomic mass is 9.82. The first-order chi connectivity index (χ1) is 7.65. The topological polar surface area (TPSA) is 32.3 Å². The molecule has 0 bridgehead atoms. The Labute approximate surface area is 97.7 Å². The predicted octanol–water partition coefficient (Wildman–Crippen LogP) is 2.42. The smallest absolute Gasteiger partial charge is 0.0813 e. The average Bonchev–Trinajstić information content (AvgIpc) is 2.28. The van der Waals surface area contributed by atoms with Crippen LogP contribution in [-0.4, -0.2) is 17.3 Å². The van der Waals surface area contributed by atoms with Gasteiger partial charge in [0.05, 0.1) is 11.6 Å². The minimum Gasteiger partial charge on any atom is -0.388 e. The molecule has 1 aromatic rings. The average molecular weight is 219 g/mol. The third-order valence-electron chi connectivity index (χ3n) is 3.49. The van der Waals surface area contributed by atoms with E-state index >= 15 is 0 Å². The lowest BCUT2D eigenvalue weighted by molar-refractivity contribution is 0.00753. The molecule has 2 nitrogen and oxygen atoms in total. The van der Waals surface area contributed by atoms with Gasteiger partial charge in [-0.3, -0.25) is 0 Å². The number of benzene rings is 1. The molecule has 88 valence electrons. The monoisotopic (exact) mass is 219 g/mol. The Kier molecular flexibility index (Phi) is 3.31. The second-order valence-corrected chi connectivity index (χ2v) is 4.94. The predicted molar refractivity (Wildman–Crippen MR) is 66.4 cm³/mol. The van der Waals surface area contributed by atoms with Gasteiger partial charge in [-0.05, 0) is 37.4 Å². The number of rotatable bonds is 3. The molecule has 0 aromatic heterocycles. The van der Waals surface area contributed by atoms with Gasteiger partial charge < -0.3 is 10.4 Å². The summed E-state index contributed by atoms with van der Waals surface area (Å²) in [5.74, 6) is 0. The molecule has 0 amide bonds. The summed E-state index contributed by atoms with van der Waals surface area (Å²) in [7, 11) is 0. The number of fused-ring (bicyclic) bond motifs is 1. The van der Waals surface area contributed by atoms with Crippen LogP contribution < -0.4 is 5.32 Å². The van der Waals surface area contributed by atoms with Crippen molar-refractivity contribution in [2.45, 2.75) is 44.8 Å². The molecule has 16 heavy (non-hydrogen) atoms. The molecule has 1 heterocycles. The Morgan fingerprint density at radius 2 is 2.19 bits per heavy atom. The van der Waals surface area contributed by atoms with Crippen molar-refractivity contribution in [2.75, 3.05) is 6.54 Å². The zero-order valence-corrected chi connectivity index (χ0v) is 10.2. The van der Waals surface area contributed by atoms with E-state index in [-0.39, 0.29) is 6.04 Å². The van der Waals surface area contributed by atoms with Crippen LogP contribution in [0.4, 0.5) is 0 Å². The van der Waals surface area contributed by atoms with Crippen LogP contribution in [0.15, 0.2) is 24.3 Å². The zero-order chi connectivity index (χ0) is 11.6. The molecule has 2 heteroatoms. The molecule has 0 aliphatic carbocycles. The SMILES string of the molecule is CCCC(C)(O)C1NCCc2ccccc21. The van der Waals surface area contributed by atoms with Crippen molar-refractivity contribution in [1.29, 1.82) is 0 Å². The summed E-state index contributed by atoms with van der Waals surface area (Å²) < 4.78 is 0. The van der Waals surface area contributed by atoms with Crippen LogP contribution in [0.25, 0.3) is 0 Å². The Hall–Kier alpha value is -0.860. The minimum atomic E-state index is -0.648. The molecule has 2 N–H and O–H groups in total. The van der Waals surface area contributed by atoms with E-state index in [1.165, 1.54) is 11.1 Å². The van der Waals surface area contributed by atoms with Gasteiger partial charge >= 0.3 is 0 Å². The van der Waals surface area contributed by atoms with Crippen molar-refractivity contribution in [3.05, 3.63) is 35.4 Å². The van der Waals surface area contributed by atoms with Crippen LogP contribution in [-0.2, 0) is 6.42 Å². The summed E-state index contributed by atoms with van der Waals surface area (Å²) in [4.78, 5) is 0. The standard InChI is InChI=1S/C14H21NO/c1-3-9-14(2,16)13-12-7-5-4-6-11(12)8-10-15-13/h4-7,13,15-16H,3,8-10H2,1-2H3. The summed E-state index contributed by atoms with van der Waals surface area (Å²) in [6, 6.07) is 8.52. The fourth-order valence-corrected chi connectivity index (χ4v) is 2.71. The van der Waals surface area contributed by atoms with Crippen LogP contribution >= 0.6 is 0 Å². The first-order valence-corrected chi connectivity index (χ1v) is 6.18. The van der Waals surface area contributed by atoms with E-state index in [0.29, 0.717) is 0 Å². The molecule has 0 spiro atoms. The van der Waals surface area contributed by atoms with E-state index in [1.807, 2.05) is 6.92 Å². The second kappa shape index (κ2) is 4.56. The highest BCUT2D eigenvalue weighted by molar-refractivity contribution is 5.34. The van der Waals surface area contributed by atoms with Crippen LogP contribution in [0.2, 0.25) is 0 Å². The van der Waals surface area contributed by atoms with Gasteiger partial charge in [0.25, 0.3) is 0 Å². The quantitative estimate of drug-likeness (QED) is 0.818. The van der Waals surface area contributed by atoms with Gasteiger partial charge in [-0.2, -0.15) is 0 Å². The van der Waals surface area contributed by atoms with Crippen molar-refractivity contribution >= 4 is 0 Å². The van der Waals surface area contributed by atoms with Gasteiger partial charge in [0.2, 0.25) is 0 Å². The maximum absolute atomic E-state index is 10.5. The van der Waals surface area contributed by atoms with Gasteiger partial charge in [-0.25, -0.2) is 0 Å². The molecule has 0 saturated heterocycles. The molecule has 2 rings (SSSR count). The highest BCUT2D eigenvalue weighted by Crippen LogP contribution is 2.33. The minimum absolute atomic E-state index is 0.0809. The maximum Gasteiger partial charge on any atom is 0.0813 e. The first-order valence-electron chi connectivity index (χ1n) is 6.18. The molecule has 0 saturated carbocycles. The molecular weight excluding hydrogens is 198 g/mol. The van der Waals surface area contributed by atoms with Gasteiger partial charge in [0.15, 0.2) is 0 Å². The molecule has 1 aromatic carbocycles. The molecule has 2 unspecified atom stereocenters. The van der Waals surface area contributed by atoms with E-state index in [4.69, 9.17) is 0 Å². The Morgan fingerprint density at radius 3 is 2.94 bits per heavy atom. The summed E-state index contributed by atoms with van der Waals surface area (Å²) in [5.41, 5.74) is 2.00. The number of aliphatic hydroxyl groups is 1. The lowest BCUT2D eigenvalue weighted by Crippen LogP contribution is -2.45. The van der Waals surface area contributed by atoms with E-state index < -0.39 is 5.60 Å². The highest BCUT2D eigenvalue weighted by atomic mass is 16.3. The highest BCUT2D eigenvalue weighted by Gasteiger charge is 2.34. The van der Waals surface area contributed by atoms with E-state index in [1.54, 1.807) is 0 Å². The Bertz CT molecular complexity index is 360. The van der Waals surface area contributed by atoms with Crippen molar-refractivity contribution in [1.82, 2.24) is 5.32 Å². The summed E-state index contributed by atoms with van der Waals surface area (Å²) in [5, 5.41) is 14.0. The van der Waals surface area contributed by atoms with Crippen LogP contribution in [0.5, 0.6) is 0 Å². The van der Waals surface area contributed by atoms with Crippen molar-refractivity contribution in [2.24, 2.45) is 0 Å². The Morgan fingerprint density at radius 1 is 1.44 bits per heavy atom. The third-order valence-corrected chi connectivity index (χ3v) is 3.49. The largest absolute Gasteiger partial charge is 0.388 e. The van der Waals surface area contributed by atoms with Crippen LogP contribution in [0.3, 0.4) is 0 Å². The van der Waals surface area contributed by atoms with E-state index in [2.05, 4.69) is 36.5 Å². The summed E-state index contributed by atoms with van der Waals surface area (Å²) in [6.07, 6.45) is 2.90. The van der Waals surface area contributed by atoms with E-state index in [0.717, 1.165) is 25.8 Å². The van der Waals surface area contributed by atoms with Crippen LogP contribution in [0.1, 0.15) is 43.9 Å². The maximum atomic E-state index is 10.5. The number of nitrogens with one attached hydrogen (secondary N) is 1. The van der Waals surface area contributed by atoms with Crippen molar-refractivity contribution in [3.63, 3.8) is 0 Å². The molecule has 0 radical (unpaired) electrons. The molecule has 1 aliphatic rings. The number of hydrogen-bond acceptors (Lipinski definition) is 2. The van der Waals surface area contributed by atoms with E-state index in [9.17, 15) is 5.11 Å². The molecule has 0 fully saturated rings. The number of hydrogen-bond donors (Lipinski definition) is 2. The zero-order valence-electron chi connectivity index (χ0n) is 10.2. The summed E-state index contributed by atoms with van der Waals surface area (Å²) >= 11 is 0. The van der Waals surface area contributed by atoms with Gasteiger partial charge in [-0.1, -0.05) is 37.6 Å². The van der Waals surface area contributed by atoms with Crippen molar-refractivity contribution < 1.29 is 5.11 Å². The molecular formula is C14H21NO. The first kappa shape index (κ1) is 11.6. The third kappa shape index (κ3) is 2.13. The van der Waals surface area contributed by atoms with Crippen molar-refractivity contribution in [3.8, 4) is 0 Å². The Balaban J connectivity index is 2.31. The second-order valence-electron chi connectivity index (χ2n) is 4.94. The molecule has 2 atom stereocenters. The normalized spacial score (nSPS) is 23.6. The van der Waals surface area contributed by atoms with Gasteiger partial charge in [0.1, 0.15) is 0 Å². The fraction of sp³-hybridized carbons (Fsp3) is 0.571.